The van der Waals surface area contributed by atoms with Crippen molar-refractivity contribution in [2.45, 2.75) is 32.6 Å². The second-order valence-corrected chi connectivity index (χ2v) is 15.9. The van der Waals surface area contributed by atoms with Gasteiger partial charge in [0.05, 0.1) is 5.69 Å². The van der Waals surface area contributed by atoms with E-state index in [-0.39, 0.29) is 5.41 Å². The number of hydrogen-bond donors (Lipinski definition) is 0. The van der Waals surface area contributed by atoms with Crippen LogP contribution in [-0.4, -0.2) is 0 Å². The Morgan fingerprint density at radius 3 is 1.64 bits per heavy atom. The van der Waals surface area contributed by atoms with Gasteiger partial charge >= 0.3 is 0 Å². The van der Waals surface area contributed by atoms with Gasteiger partial charge < -0.3 is 9.64 Å². The van der Waals surface area contributed by atoms with Gasteiger partial charge in [-0.1, -0.05) is 190 Å². The van der Waals surface area contributed by atoms with Crippen molar-refractivity contribution in [3.05, 3.63) is 223 Å². The number of hydrogen-bond acceptors (Lipinski definition) is 2. The Morgan fingerprint density at radius 2 is 0.966 bits per heavy atom. The van der Waals surface area contributed by atoms with Crippen LogP contribution < -0.4 is 9.64 Å². The van der Waals surface area contributed by atoms with Gasteiger partial charge in [-0.2, -0.15) is 0 Å². The fourth-order valence-electron chi connectivity index (χ4n) is 9.29. The highest BCUT2D eigenvalue weighted by molar-refractivity contribution is 6.00. The van der Waals surface area contributed by atoms with Crippen LogP contribution in [0, 0.1) is 0 Å². The summed E-state index contributed by atoms with van der Waals surface area (Å²) in [5, 5.41) is 0. The van der Waals surface area contributed by atoms with Crippen molar-refractivity contribution in [1.82, 2.24) is 0 Å². The molecular formula is C57H45NO. The first kappa shape index (κ1) is 36.2. The molecule has 2 aliphatic rings. The third kappa shape index (κ3) is 6.20. The Balaban J connectivity index is 1.28. The zero-order chi connectivity index (χ0) is 39.9. The summed E-state index contributed by atoms with van der Waals surface area (Å²) in [5.74, 6) is 1.60. The van der Waals surface area contributed by atoms with Gasteiger partial charge in [-0.15, -0.1) is 0 Å². The molecule has 8 aromatic rings. The van der Waals surface area contributed by atoms with Crippen LogP contribution in [0.4, 0.5) is 17.1 Å². The number of ether oxygens (including phenoxy) is 1. The number of benzene rings is 8. The molecule has 284 valence electrons. The topological polar surface area (TPSA) is 12.5 Å². The smallest absolute Gasteiger partial charge is 0.159 e. The molecule has 0 fully saturated rings. The van der Waals surface area contributed by atoms with Crippen LogP contribution in [0.25, 0.3) is 55.6 Å². The van der Waals surface area contributed by atoms with E-state index in [1.54, 1.807) is 0 Å². The van der Waals surface area contributed by atoms with Gasteiger partial charge in [-0.05, 0) is 105 Å². The number of para-hydroxylation sites is 3. The normalized spacial score (nSPS) is 13.2. The van der Waals surface area contributed by atoms with Crippen molar-refractivity contribution >= 4 is 17.1 Å². The lowest BCUT2D eigenvalue weighted by atomic mass is 9.82. The molecule has 1 heterocycles. The van der Waals surface area contributed by atoms with E-state index in [9.17, 15) is 0 Å². The zero-order valence-electron chi connectivity index (χ0n) is 33.7. The maximum Gasteiger partial charge on any atom is 0.159 e. The van der Waals surface area contributed by atoms with Crippen molar-refractivity contribution in [1.29, 1.82) is 0 Å². The van der Waals surface area contributed by atoms with Gasteiger partial charge in [0.2, 0.25) is 0 Å². The highest BCUT2D eigenvalue weighted by Gasteiger charge is 2.36. The molecule has 0 atom stereocenters. The van der Waals surface area contributed by atoms with Crippen molar-refractivity contribution < 1.29 is 4.74 Å². The molecule has 2 nitrogen and oxygen atoms in total. The van der Waals surface area contributed by atoms with Crippen molar-refractivity contribution in [3.8, 4) is 67.1 Å². The van der Waals surface area contributed by atoms with Crippen LogP contribution in [0.3, 0.4) is 0 Å². The summed E-state index contributed by atoms with van der Waals surface area (Å²) in [6, 6.07) is 66.1. The highest BCUT2D eigenvalue weighted by Crippen LogP contribution is 2.55. The van der Waals surface area contributed by atoms with Crippen molar-refractivity contribution in [2.75, 3.05) is 4.90 Å². The third-order valence-corrected chi connectivity index (χ3v) is 12.1. The lowest BCUT2D eigenvalue weighted by molar-refractivity contribution is 0.487. The fourth-order valence-corrected chi connectivity index (χ4v) is 9.29. The Kier molecular flexibility index (Phi) is 9.19. The monoisotopic (exact) mass is 759 g/mol. The minimum Gasteiger partial charge on any atom is -0.454 e. The summed E-state index contributed by atoms with van der Waals surface area (Å²) >= 11 is 0. The summed E-state index contributed by atoms with van der Waals surface area (Å²) < 4.78 is 7.51. The summed E-state index contributed by atoms with van der Waals surface area (Å²) in [5.41, 5.74) is 18.5. The van der Waals surface area contributed by atoms with Crippen molar-refractivity contribution in [3.63, 3.8) is 0 Å². The zero-order valence-corrected chi connectivity index (χ0v) is 33.7. The molecule has 0 saturated carbocycles. The van der Waals surface area contributed by atoms with Crippen LogP contribution in [-0.2, 0) is 11.8 Å². The lowest BCUT2D eigenvalue weighted by Crippen LogP contribution is -2.17. The Bertz CT molecular complexity index is 2950. The quantitative estimate of drug-likeness (QED) is 0.157. The van der Waals surface area contributed by atoms with Gasteiger partial charge in [-0.3, -0.25) is 0 Å². The summed E-state index contributed by atoms with van der Waals surface area (Å²) in [4.78, 5) is 2.43. The predicted octanol–water partition coefficient (Wildman–Crippen LogP) is 15.9. The molecule has 59 heavy (non-hydrogen) atoms. The molecule has 1 aliphatic carbocycles. The molecule has 0 unspecified atom stereocenters. The van der Waals surface area contributed by atoms with E-state index in [1.807, 2.05) is 0 Å². The average molecular weight is 760 g/mol. The first-order valence-corrected chi connectivity index (χ1v) is 20.6. The van der Waals surface area contributed by atoms with Gasteiger partial charge in [-0.25, -0.2) is 0 Å². The van der Waals surface area contributed by atoms with E-state index in [2.05, 4.69) is 232 Å². The largest absolute Gasteiger partial charge is 0.454 e. The van der Waals surface area contributed by atoms with Crippen LogP contribution in [0.1, 0.15) is 37.5 Å². The second-order valence-electron chi connectivity index (χ2n) is 15.9. The molecule has 10 rings (SSSR count). The standard InChI is InChI=1S/C57H45NO/c1-4-5-6-7-21-39-22-8-18-33-53(39)58(40-36-37-48-47-29-15-17-32-51(47)57(2,3)52(48)38-40)54-34-20-31-50-46-28-14-12-26-44(46)42-24-10-9-23-41(42)43-25-11-13-27-45(43)49-30-16-19-35-55(49)59-56(50)54/h4-20,22-38H,21H2,1-3H3/b5-4-,7-6-. The number of anilines is 3. The van der Waals surface area contributed by atoms with E-state index in [0.717, 1.165) is 62.8 Å². The van der Waals surface area contributed by atoms with Crippen LogP contribution in [0.2, 0.25) is 0 Å². The molecule has 0 N–H and O–H groups in total. The summed E-state index contributed by atoms with van der Waals surface area (Å²) in [7, 11) is 0. The van der Waals surface area contributed by atoms with E-state index >= 15 is 0 Å². The molecular weight excluding hydrogens is 715 g/mol. The molecule has 8 aromatic carbocycles. The third-order valence-electron chi connectivity index (χ3n) is 12.1. The van der Waals surface area contributed by atoms with Gasteiger partial charge in [0.25, 0.3) is 0 Å². The Hall–Kier alpha value is -7.16. The SMILES string of the molecule is C/C=C\C=C/Cc1ccccc1N(c1ccc2c(c1)C(C)(C)c1ccccc1-2)c1cccc2c1Oc1ccccc1-c1ccccc1-c1ccccc1-c1ccccc1-2. The maximum atomic E-state index is 7.51. The minimum absolute atomic E-state index is 0.169. The molecule has 0 aromatic heterocycles. The van der Waals surface area contributed by atoms with Gasteiger partial charge in [0.1, 0.15) is 5.75 Å². The van der Waals surface area contributed by atoms with E-state index in [4.69, 9.17) is 4.74 Å². The van der Waals surface area contributed by atoms with E-state index < -0.39 is 0 Å². The minimum atomic E-state index is -0.169. The molecule has 0 bridgehead atoms. The van der Waals surface area contributed by atoms with Crippen molar-refractivity contribution in [2.24, 2.45) is 0 Å². The van der Waals surface area contributed by atoms with Crippen LogP contribution in [0.15, 0.2) is 206 Å². The number of nitrogens with zero attached hydrogens (tertiary/aromatic N) is 1. The molecule has 0 amide bonds. The molecule has 2 heteroatoms. The maximum absolute atomic E-state index is 7.51. The lowest BCUT2D eigenvalue weighted by Gasteiger charge is -2.31. The number of fused-ring (bicyclic) bond motifs is 12. The number of allylic oxidation sites excluding steroid dienone is 4. The fraction of sp³-hybridized carbons (Fsp3) is 0.0877. The Morgan fingerprint density at radius 1 is 0.458 bits per heavy atom. The molecule has 0 saturated heterocycles. The summed E-state index contributed by atoms with van der Waals surface area (Å²) in [6.45, 7) is 6.76. The molecule has 1 aliphatic heterocycles. The van der Waals surface area contributed by atoms with E-state index in [1.165, 1.54) is 44.5 Å². The number of rotatable bonds is 6. The first-order valence-electron chi connectivity index (χ1n) is 20.6. The van der Waals surface area contributed by atoms with Gasteiger partial charge in [0, 0.05) is 27.9 Å². The Labute approximate surface area is 348 Å². The van der Waals surface area contributed by atoms with Crippen LogP contribution >= 0.6 is 0 Å². The summed E-state index contributed by atoms with van der Waals surface area (Å²) in [6.07, 6.45) is 9.31. The van der Waals surface area contributed by atoms with Gasteiger partial charge in [0.15, 0.2) is 5.75 Å². The molecule has 0 spiro atoms. The van der Waals surface area contributed by atoms with E-state index in [0.29, 0.717) is 0 Å². The molecule has 0 radical (unpaired) electrons. The first-order chi connectivity index (χ1) is 29.0. The second kappa shape index (κ2) is 15.0. The average Bonchev–Trinajstić information content (AvgIpc) is 3.50. The highest BCUT2D eigenvalue weighted by atomic mass is 16.5. The predicted molar refractivity (Wildman–Crippen MR) is 248 cm³/mol. The van der Waals surface area contributed by atoms with Crippen LogP contribution in [0.5, 0.6) is 11.5 Å².